The first-order valence-electron chi connectivity index (χ1n) is 12.1. The van der Waals surface area contributed by atoms with Crippen LogP contribution in [-0.2, 0) is 4.74 Å². The van der Waals surface area contributed by atoms with Crippen LogP contribution in [-0.4, -0.2) is 41.0 Å². The lowest BCUT2D eigenvalue weighted by Gasteiger charge is -2.31. The topological polar surface area (TPSA) is 45.6 Å². The summed E-state index contributed by atoms with van der Waals surface area (Å²) in [5, 5.41) is 4.16. The van der Waals surface area contributed by atoms with E-state index in [0.717, 1.165) is 49.1 Å². The lowest BCUT2D eigenvalue weighted by molar-refractivity contribution is 0.122. The molecule has 4 aromatic rings. The number of ether oxygens (including phenoxy) is 1. The summed E-state index contributed by atoms with van der Waals surface area (Å²) in [5.74, 6) is -0.260. The fourth-order valence-electron chi connectivity index (χ4n) is 5.05. The average Bonchev–Trinajstić information content (AvgIpc) is 3.54. The summed E-state index contributed by atoms with van der Waals surface area (Å²) in [6.07, 6.45) is 3.80. The number of pyridine rings is 1. The zero-order valence-corrected chi connectivity index (χ0v) is 20.4. The maximum Gasteiger partial charge on any atom is 0.174 e. The maximum atomic E-state index is 13.7. The Balaban J connectivity index is 1.41. The summed E-state index contributed by atoms with van der Waals surface area (Å²) in [4.78, 5) is 9.14. The summed E-state index contributed by atoms with van der Waals surface area (Å²) < 4.78 is 21.2. The SMILES string of the molecule is Fc1ccc(-n2cccc2[C@H]2[C@H](c3ccccn3)NC(=S)N2c2ccc(N3CCOCC3)cc2)cc1. The van der Waals surface area contributed by atoms with Gasteiger partial charge in [-0.1, -0.05) is 6.07 Å². The molecule has 1 N–H and O–H groups in total. The molecular weight excluding hydrogens is 473 g/mol. The van der Waals surface area contributed by atoms with E-state index >= 15 is 0 Å². The first-order valence-corrected chi connectivity index (χ1v) is 12.5. The van der Waals surface area contributed by atoms with Gasteiger partial charge in [0.05, 0.1) is 24.9 Å². The van der Waals surface area contributed by atoms with Gasteiger partial charge >= 0.3 is 0 Å². The predicted octanol–water partition coefficient (Wildman–Crippen LogP) is 5.03. The van der Waals surface area contributed by atoms with E-state index in [1.54, 1.807) is 18.3 Å². The smallest absolute Gasteiger partial charge is 0.174 e. The van der Waals surface area contributed by atoms with Crippen molar-refractivity contribution in [2.24, 2.45) is 0 Å². The van der Waals surface area contributed by atoms with Crippen molar-refractivity contribution in [2.45, 2.75) is 12.1 Å². The molecule has 2 saturated heterocycles. The van der Waals surface area contributed by atoms with E-state index in [9.17, 15) is 4.39 Å². The molecule has 2 fully saturated rings. The van der Waals surface area contributed by atoms with Crippen LogP contribution in [0, 0.1) is 5.82 Å². The number of morpholine rings is 1. The van der Waals surface area contributed by atoms with Crippen LogP contribution in [0.25, 0.3) is 5.69 Å². The number of halogens is 1. The summed E-state index contributed by atoms with van der Waals surface area (Å²) in [6.45, 7) is 3.27. The lowest BCUT2D eigenvalue weighted by Crippen LogP contribution is -2.36. The molecule has 36 heavy (non-hydrogen) atoms. The molecule has 0 unspecified atom stereocenters. The molecule has 0 spiro atoms. The van der Waals surface area contributed by atoms with E-state index < -0.39 is 0 Å². The van der Waals surface area contributed by atoms with Crippen LogP contribution in [0.5, 0.6) is 0 Å². The molecule has 0 saturated carbocycles. The molecule has 0 aliphatic carbocycles. The van der Waals surface area contributed by atoms with Gasteiger partial charge in [-0.2, -0.15) is 0 Å². The van der Waals surface area contributed by atoms with Gasteiger partial charge in [0.1, 0.15) is 11.9 Å². The molecule has 2 atom stereocenters. The highest BCUT2D eigenvalue weighted by atomic mass is 32.1. The summed E-state index contributed by atoms with van der Waals surface area (Å²) in [5.41, 5.74) is 5.00. The summed E-state index contributed by atoms with van der Waals surface area (Å²) >= 11 is 5.89. The minimum Gasteiger partial charge on any atom is -0.378 e. The van der Waals surface area contributed by atoms with Gasteiger partial charge in [-0.05, 0) is 85.0 Å². The van der Waals surface area contributed by atoms with Crippen LogP contribution < -0.4 is 15.1 Å². The molecule has 182 valence electrons. The molecular formula is C28H26FN5OS. The number of nitrogens with one attached hydrogen (secondary N) is 1. The van der Waals surface area contributed by atoms with E-state index in [0.29, 0.717) is 5.11 Å². The fraction of sp³-hybridized carbons (Fsp3) is 0.214. The first kappa shape index (κ1) is 22.7. The van der Waals surface area contributed by atoms with E-state index in [1.807, 2.05) is 30.5 Å². The second-order valence-corrected chi connectivity index (χ2v) is 9.28. The molecule has 8 heteroatoms. The molecule has 2 aliphatic heterocycles. The number of anilines is 2. The van der Waals surface area contributed by atoms with Gasteiger partial charge in [0, 0.05) is 48.2 Å². The third-order valence-electron chi connectivity index (χ3n) is 6.79. The quantitative estimate of drug-likeness (QED) is 0.389. The van der Waals surface area contributed by atoms with Crippen LogP contribution in [0.3, 0.4) is 0 Å². The number of benzene rings is 2. The Kier molecular flexibility index (Phi) is 6.13. The van der Waals surface area contributed by atoms with Gasteiger partial charge in [0.15, 0.2) is 5.11 Å². The minimum atomic E-state index is -0.260. The maximum absolute atomic E-state index is 13.7. The lowest BCUT2D eigenvalue weighted by atomic mass is 10.0. The fourth-order valence-corrected chi connectivity index (χ4v) is 5.40. The third kappa shape index (κ3) is 4.23. The number of hydrogen-bond donors (Lipinski definition) is 1. The van der Waals surface area contributed by atoms with Crippen LogP contribution in [0.1, 0.15) is 23.5 Å². The third-order valence-corrected chi connectivity index (χ3v) is 7.10. The van der Waals surface area contributed by atoms with Crippen LogP contribution >= 0.6 is 12.2 Å². The Labute approximate surface area is 214 Å². The van der Waals surface area contributed by atoms with Crippen LogP contribution in [0.2, 0.25) is 0 Å². The standard InChI is InChI=1S/C28H26FN5OS/c29-20-6-8-22(9-7-20)33-15-3-5-25(33)27-26(24-4-1-2-14-30-24)31-28(36)34(27)23-12-10-21(11-13-23)32-16-18-35-19-17-32/h1-15,26-27H,16-19H2,(H,31,36)/t26-,27-/m0/s1. The van der Waals surface area contributed by atoms with Crippen molar-refractivity contribution in [1.29, 1.82) is 0 Å². The number of thiocarbonyl (C=S) groups is 1. The summed E-state index contributed by atoms with van der Waals surface area (Å²) in [7, 11) is 0. The van der Waals surface area contributed by atoms with E-state index in [4.69, 9.17) is 17.0 Å². The molecule has 2 aromatic heterocycles. The van der Waals surface area contributed by atoms with Crippen molar-refractivity contribution in [3.8, 4) is 5.69 Å². The largest absolute Gasteiger partial charge is 0.378 e. The van der Waals surface area contributed by atoms with E-state index in [-0.39, 0.29) is 17.9 Å². The number of aromatic nitrogens is 2. The van der Waals surface area contributed by atoms with Crippen LogP contribution in [0.15, 0.2) is 91.3 Å². The van der Waals surface area contributed by atoms with Gasteiger partial charge in [-0.15, -0.1) is 0 Å². The van der Waals surface area contributed by atoms with Crippen molar-refractivity contribution in [3.63, 3.8) is 0 Å². The Hall–Kier alpha value is -3.75. The Morgan fingerprint density at radius 3 is 2.31 bits per heavy atom. The molecule has 0 amide bonds. The second-order valence-electron chi connectivity index (χ2n) is 8.89. The normalized spacial score (nSPS) is 20.0. The Morgan fingerprint density at radius 1 is 0.861 bits per heavy atom. The van der Waals surface area contributed by atoms with Crippen molar-refractivity contribution in [3.05, 3.63) is 108 Å². The zero-order valence-electron chi connectivity index (χ0n) is 19.6. The molecule has 6 rings (SSSR count). The number of rotatable bonds is 5. The van der Waals surface area contributed by atoms with Crippen molar-refractivity contribution in [2.75, 3.05) is 36.1 Å². The second kappa shape index (κ2) is 9.72. The zero-order chi connectivity index (χ0) is 24.5. The highest BCUT2D eigenvalue weighted by Crippen LogP contribution is 2.42. The van der Waals surface area contributed by atoms with Gasteiger partial charge in [0.2, 0.25) is 0 Å². The Morgan fingerprint density at radius 2 is 1.58 bits per heavy atom. The highest BCUT2D eigenvalue weighted by molar-refractivity contribution is 7.80. The van der Waals surface area contributed by atoms with Crippen molar-refractivity contribution in [1.82, 2.24) is 14.9 Å². The molecule has 0 radical (unpaired) electrons. The first-order chi connectivity index (χ1) is 17.7. The monoisotopic (exact) mass is 499 g/mol. The highest BCUT2D eigenvalue weighted by Gasteiger charge is 2.42. The molecule has 2 aromatic carbocycles. The molecule has 2 aliphatic rings. The molecule has 4 heterocycles. The van der Waals surface area contributed by atoms with Gasteiger partial charge in [-0.3, -0.25) is 4.98 Å². The Bertz CT molecular complexity index is 1340. The van der Waals surface area contributed by atoms with Crippen molar-refractivity contribution < 1.29 is 9.13 Å². The summed E-state index contributed by atoms with van der Waals surface area (Å²) in [6, 6.07) is 24.8. The predicted molar refractivity (Wildman–Crippen MR) is 143 cm³/mol. The van der Waals surface area contributed by atoms with Gasteiger partial charge in [-0.25, -0.2) is 4.39 Å². The number of nitrogens with zero attached hydrogens (tertiary/aromatic N) is 4. The van der Waals surface area contributed by atoms with E-state index in [2.05, 4.69) is 55.0 Å². The molecule has 6 nitrogen and oxygen atoms in total. The van der Waals surface area contributed by atoms with Gasteiger partial charge < -0.3 is 24.4 Å². The van der Waals surface area contributed by atoms with Crippen molar-refractivity contribution >= 4 is 28.7 Å². The van der Waals surface area contributed by atoms with Crippen LogP contribution in [0.4, 0.5) is 15.8 Å². The minimum absolute atomic E-state index is 0.160. The van der Waals surface area contributed by atoms with E-state index in [1.165, 1.54) is 17.8 Å². The molecule has 0 bridgehead atoms. The number of hydrogen-bond acceptors (Lipinski definition) is 4. The average molecular weight is 500 g/mol. The van der Waals surface area contributed by atoms with Gasteiger partial charge in [0.25, 0.3) is 0 Å².